The van der Waals surface area contributed by atoms with Crippen LogP contribution in [0.4, 0.5) is 38.0 Å². The fourth-order valence-electron chi connectivity index (χ4n) is 4.60. The Morgan fingerprint density at radius 2 is 1.32 bits per heavy atom. The number of carbonyl (C=O) groups is 2. The van der Waals surface area contributed by atoms with Crippen LogP contribution in [0.15, 0.2) is 42.5 Å². The zero-order valence-corrected chi connectivity index (χ0v) is 20.9. The number of rotatable bonds is 8. The van der Waals surface area contributed by atoms with E-state index in [1.807, 2.05) is 0 Å². The average molecular weight is 522 g/mol. The third-order valence-corrected chi connectivity index (χ3v) is 6.63. The number of piperidine rings is 1. The predicted octanol–water partition coefficient (Wildman–Crippen LogP) is 4.70. The SMILES string of the molecule is O=C(CC(=O)c1ccc(Nc2nc(N3CCCCC3)nc(N3CCCC3)n2)cc1)Nc1ccc(F)c(F)c1. The smallest absolute Gasteiger partial charge is 0.233 e. The topological polar surface area (TPSA) is 103 Å². The zero-order chi connectivity index (χ0) is 26.5. The van der Waals surface area contributed by atoms with Crippen LogP contribution in [0.25, 0.3) is 0 Å². The third-order valence-electron chi connectivity index (χ3n) is 6.63. The van der Waals surface area contributed by atoms with E-state index in [0.29, 0.717) is 29.1 Å². The van der Waals surface area contributed by atoms with Crippen LogP contribution < -0.4 is 20.4 Å². The number of benzene rings is 2. The van der Waals surface area contributed by atoms with Crippen molar-refractivity contribution in [2.75, 3.05) is 46.6 Å². The lowest BCUT2D eigenvalue weighted by atomic mass is 10.1. The number of hydrogen-bond donors (Lipinski definition) is 2. The fourth-order valence-corrected chi connectivity index (χ4v) is 4.60. The molecular formula is C27H29F2N7O2. The normalized spacial score (nSPS) is 15.4. The molecule has 11 heteroatoms. The van der Waals surface area contributed by atoms with Crippen molar-refractivity contribution in [1.82, 2.24) is 15.0 Å². The first-order valence-corrected chi connectivity index (χ1v) is 12.9. The number of hydrogen-bond acceptors (Lipinski definition) is 8. The van der Waals surface area contributed by atoms with Gasteiger partial charge in [-0.25, -0.2) is 8.78 Å². The van der Waals surface area contributed by atoms with Crippen LogP contribution in [0, 0.1) is 11.6 Å². The number of anilines is 5. The maximum atomic E-state index is 13.4. The molecule has 0 spiro atoms. The average Bonchev–Trinajstić information content (AvgIpc) is 3.47. The molecular weight excluding hydrogens is 492 g/mol. The lowest BCUT2D eigenvalue weighted by Crippen LogP contribution is -2.32. The standard InChI is InChI=1S/C27H29F2N7O2/c28-21-11-10-20(16-22(21)29)30-24(38)17-23(37)18-6-8-19(9-7-18)31-25-32-26(35-12-2-1-3-13-35)34-27(33-25)36-14-4-5-15-36/h6-11,16H,1-5,12-15,17H2,(H,30,38)(H,31,32,33,34). The lowest BCUT2D eigenvalue weighted by Gasteiger charge is -2.27. The maximum Gasteiger partial charge on any atom is 0.233 e. The largest absolute Gasteiger partial charge is 0.341 e. The highest BCUT2D eigenvalue weighted by atomic mass is 19.2. The van der Waals surface area contributed by atoms with E-state index in [-0.39, 0.29) is 5.69 Å². The summed E-state index contributed by atoms with van der Waals surface area (Å²) in [6.45, 7) is 3.68. The van der Waals surface area contributed by atoms with Crippen molar-refractivity contribution in [3.05, 3.63) is 59.7 Å². The summed E-state index contributed by atoms with van der Waals surface area (Å²) in [4.78, 5) is 43.2. The molecule has 3 heterocycles. The second-order valence-electron chi connectivity index (χ2n) is 9.48. The molecule has 38 heavy (non-hydrogen) atoms. The number of amides is 1. The highest BCUT2D eigenvalue weighted by Gasteiger charge is 2.21. The Morgan fingerprint density at radius 3 is 1.92 bits per heavy atom. The molecule has 0 atom stereocenters. The number of nitrogens with one attached hydrogen (secondary N) is 2. The van der Waals surface area contributed by atoms with Crippen molar-refractivity contribution < 1.29 is 18.4 Å². The number of ketones is 1. The summed E-state index contributed by atoms with van der Waals surface area (Å²) in [7, 11) is 0. The molecule has 198 valence electrons. The van der Waals surface area contributed by atoms with E-state index in [1.165, 1.54) is 12.5 Å². The minimum absolute atomic E-state index is 0.0795. The van der Waals surface area contributed by atoms with Gasteiger partial charge in [0, 0.05) is 49.2 Å². The monoisotopic (exact) mass is 521 g/mol. The van der Waals surface area contributed by atoms with Crippen molar-refractivity contribution in [3.8, 4) is 0 Å². The summed E-state index contributed by atoms with van der Waals surface area (Å²) >= 11 is 0. The minimum Gasteiger partial charge on any atom is -0.341 e. The first-order chi connectivity index (χ1) is 18.4. The number of carbonyl (C=O) groups excluding carboxylic acids is 2. The minimum atomic E-state index is -1.08. The molecule has 1 aromatic heterocycles. The van der Waals surface area contributed by atoms with Crippen molar-refractivity contribution in [3.63, 3.8) is 0 Å². The van der Waals surface area contributed by atoms with Gasteiger partial charge >= 0.3 is 0 Å². The van der Waals surface area contributed by atoms with Gasteiger partial charge in [-0.3, -0.25) is 9.59 Å². The second kappa shape index (κ2) is 11.5. The fraction of sp³-hybridized carbons (Fsp3) is 0.370. The van der Waals surface area contributed by atoms with E-state index >= 15 is 0 Å². The molecule has 2 saturated heterocycles. The third kappa shape index (κ3) is 6.21. The first-order valence-electron chi connectivity index (χ1n) is 12.9. The van der Waals surface area contributed by atoms with Crippen LogP contribution in [-0.4, -0.2) is 52.8 Å². The van der Waals surface area contributed by atoms with Crippen LogP contribution in [0.5, 0.6) is 0 Å². The molecule has 3 aromatic rings. The summed E-state index contributed by atoms with van der Waals surface area (Å²) in [6, 6.07) is 9.68. The Kier molecular flexibility index (Phi) is 7.71. The van der Waals surface area contributed by atoms with Gasteiger partial charge in [0.2, 0.25) is 23.8 Å². The van der Waals surface area contributed by atoms with Crippen LogP contribution >= 0.6 is 0 Å². The highest BCUT2D eigenvalue weighted by Crippen LogP contribution is 2.24. The van der Waals surface area contributed by atoms with Gasteiger partial charge in [-0.15, -0.1) is 0 Å². The van der Waals surface area contributed by atoms with Gasteiger partial charge in [-0.2, -0.15) is 15.0 Å². The van der Waals surface area contributed by atoms with E-state index in [4.69, 9.17) is 4.98 Å². The Hall–Kier alpha value is -4.15. The van der Waals surface area contributed by atoms with E-state index in [9.17, 15) is 18.4 Å². The van der Waals surface area contributed by atoms with Crippen LogP contribution in [0.3, 0.4) is 0 Å². The molecule has 0 bridgehead atoms. The van der Waals surface area contributed by atoms with Gasteiger partial charge in [0.1, 0.15) is 0 Å². The first kappa shape index (κ1) is 25.5. The molecule has 5 rings (SSSR count). The van der Waals surface area contributed by atoms with E-state index in [0.717, 1.165) is 64.0 Å². The van der Waals surface area contributed by atoms with Gasteiger partial charge in [-0.1, -0.05) is 0 Å². The summed E-state index contributed by atoms with van der Waals surface area (Å²) in [6.07, 6.45) is 5.23. The number of Topliss-reactive ketones (excluding diaryl/α,β-unsaturated/α-hetero) is 1. The van der Waals surface area contributed by atoms with E-state index in [2.05, 4.69) is 30.4 Å². The summed E-state index contributed by atoms with van der Waals surface area (Å²) in [5.74, 6) is -1.34. The van der Waals surface area contributed by atoms with Crippen molar-refractivity contribution in [2.24, 2.45) is 0 Å². The zero-order valence-electron chi connectivity index (χ0n) is 20.9. The molecule has 0 saturated carbocycles. The second-order valence-corrected chi connectivity index (χ2v) is 9.48. The Bertz CT molecular complexity index is 1310. The van der Waals surface area contributed by atoms with Gasteiger partial charge in [0.15, 0.2) is 17.4 Å². The molecule has 2 N–H and O–H groups in total. The van der Waals surface area contributed by atoms with Crippen LogP contribution in [0.2, 0.25) is 0 Å². The molecule has 0 radical (unpaired) electrons. The molecule has 2 aromatic carbocycles. The van der Waals surface area contributed by atoms with Gasteiger partial charge in [0.25, 0.3) is 0 Å². The van der Waals surface area contributed by atoms with E-state index < -0.39 is 29.7 Å². The van der Waals surface area contributed by atoms with Crippen LogP contribution in [0.1, 0.15) is 48.9 Å². The number of nitrogens with zero attached hydrogens (tertiary/aromatic N) is 5. The Morgan fingerprint density at radius 1 is 0.737 bits per heavy atom. The Balaban J connectivity index is 1.25. The van der Waals surface area contributed by atoms with Crippen molar-refractivity contribution >= 4 is 40.9 Å². The molecule has 2 aliphatic heterocycles. The molecule has 9 nitrogen and oxygen atoms in total. The molecule has 2 fully saturated rings. The van der Waals surface area contributed by atoms with Crippen LogP contribution in [-0.2, 0) is 4.79 Å². The predicted molar refractivity (Wildman–Crippen MR) is 141 cm³/mol. The summed E-state index contributed by atoms with van der Waals surface area (Å²) in [5.41, 5.74) is 1.12. The quantitative estimate of drug-likeness (QED) is 0.325. The highest BCUT2D eigenvalue weighted by molar-refractivity contribution is 6.11. The van der Waals surface area contributed by atoms with Gasteiger partial charge in [-0.05, 0) is 68.5 Å². The molecule has 0 unspecified atom stereocenters. The van der Waals surface area contributed by atoms with Gasteiger partial charge in [0.05, 0.1) is 6.42 Å². The summed E-state index contributed by atoms with van der Waals surface area (Å²) < 4.78 is 26.4. The number of halogens is 2. The Labute approximate surface area is 219 Å². The molecule has 1 amide bonds. The van der Waals surface area contributed by atoms with Gasteiger partial charge < -0.3 is 20.4 Å². The van der Waals surface area contributed by atoms with E-state index in [1.54, 1.807) is 24.3 Å². The van der Waals surface area contributed by atoms with Crippen molar-refractivity contribution in [2.45, 2.75) is 38.5 Å². The van der Waals surface area contributed by atoms with Crippen molar-refractivity contribution in [1.29, 1.82) is 0 Å². The maximum absolute atomic E-state index is 13.4. The summed E-state index contributed by atoms with van der Waals surface area (Å²) in [5, 5.41) is 5.63. The lowest BCUT2D eigenvalue weighted by molar-refractivity contribution is -0.115. The molecule has 2 aliphatic rings. The number of aromatic nitrogens is 3. The molecule has 0 aliphatic carbocycles.